The third-order valence-corrected chi connectivity index (χ3v) is 2.95. The number of nitrogens with one attached hydrogen (secondary N) is 1. The number of carbonyl (C=O) groups excluding carboxylic acids is 1. The van der Waals surface area contributed by atoms with E-state index in [0.717, 1.165) is 32.1 Å². The Morgan fingerprint density at radius 3 is 3.19 bits per heavy atom. The second-order valence-electron chi connectivity index (χ2n) is 4.20. The van der Waals surface area contributed by atoms with Gasteiger partial charge >= 0.3 is 0 Å². The van der Waals surface area contributed by atoms with Crippen LogP contribution in [0, 0.1) is 11.7 Å². The van der Waals surface area contributed by atoms with Crippen molar-refractivity contribution in [3.05, 3.63) is 29.8 Å². The lowest BCUT2D eigenvalue weighted by molar-refractivity contribution is 0.0949. The van der Waals surface area contributed by atoms with E-state index in [4.69, 9.17) is 0 Å². The van der Waals surface area contributed by atoms with Crippen LogP contribution in [0.3, 0.4) is 0 Å². The van der Waals surface area contributed by atoms with Crippen LogP contribution in [0.15, 0.2) is 18.5 Å². The minimum Gasteiger partial charge on any atom is -0.316 e. The van der Waals surface area contributed by atoms with E-state index in [1.54, 1.807) is 0 Å². The Bertz CT molecular complexity index is 375. The summed E-state index contributed by atoms with van der Waals surface area (Å²) in [6.45, 7) is 1.88. The van der Waals surface area contributed by atoms with Crippen molar-refractivity contribution in [2.24, 2.45) is 5.92 Å². The molecule has 0 aliphatic carbocycles. The molecule has 3 nitrogen and oxygen atoms in total. The van der Waals surface area contributed by atoms with Gasteiger partial charge in [0.05, 0.1) is 11.8 Å². The van der Waals surface area contributed by atoms with Gasteiger partial charge in [-0.15, -0.1) is 0 Å². The first-order chi connectivity index (χ1) is 7.77. The fourth-order valence-electron chi connectivity index (χ4n) is 2.07. The van der Waals surface area contributed by atoms with Gasteiger partial charge in [0.25, 0.3) is 0 Å². The molecule has 0 bridgehead atoms. The summed E-state index contributed by atoms with van der Waals surface area (Å²) in [6.07, 6.45) is 5.11. The lowest BCUT2D eigenvalue weighted by Gasteiger charge is -2.21. The van der Waals surface area contributed by atoms with Crippen LogP contribution < -0.4 is 5.32 Å². The van der Waals surface area contributed by atoms with Crippen LogP contribution >= 0.6 is 0 Å². The average Bonchev–Trinajstić information content (AvgIpc) is 2.31. The summed E-state index contributed by atoms with van der Waals surface area (Å²) >= 11 is 0. The maximum absolute atomic E-state index is 13.3. The Morgan fingerprint density at radius 1 is 1.62 bits per heavy atom. The van der Waals surface area contributed by atoms with Gasteiger partial charge in [-0.25, -0.2) is 4.39 Å². The number of halogens is 1. The van der Waals surface area contributed by atoms with Crippen molar-refractivity contribution < 1.29 is 9.18 Å². The van der Waals surface area contributed by atoms with Crippen LogP contribution in [-0.4, -0.2) is 23.9 Å². The van der Waals surface area contributed by atoms with Gasteiger partial charge in [-0.05, 0) is 37.9 Å². The van der Waals surface area contributed by atoms with Crippen molar-refractivity contribution >= 4 is 5.78 Å². The zero-order chi connectivity index (χ0) is 11.4. The fraction of sp³-hybridized carbons (Fsp3) is 0.500. The second-order valence-corrected chi connectivity index (χ2v) is 4.20. The van der Waals surface area contributed by atoms with E-state index in [2.05, 4.69) is 10.3 Å². The van der Waals surface area contributed by atoms with Crippen LogP contribution in [0.25, 0.3) is 0 Å². The number of carbonyl (C=O) groups is 1. The predicted octanol–water partition coefficient (Wildman–Crippen LogP) is 1.79. The van der Waals surface area contributed by atoms with Gasteiger partial charge in [-0.1, -0.05) is 0 Å². The third kappa shape index (κ3) is 2.64. The molecule has 16 heavy (non-hydrogen) atoms. The van der Waals surface area contributed by atoms with Crippen LogP contribution in [-0.2, 0) is 0 Å². The monoisotopic (exact) mass is 222 g/mol. The Balaban J connectivity index is 2.00. The topological polar surface area (TPSA) is 42.0 Å². The van der Waals surface area contributed by atoms with E-state index in [0.29, 0.717) is 12.3 Å². The number of aromatic nitrogens is 1. The molecule has 1 atom stereocenters. The van der Waals surface area contributed by atoms with Gasteiger partial charge in [-0.2, -0.15) is 0 Å². The SMILES string of the molecule is O=C(CC1CCCNC1)c1ccncc1F. The lowest BCUT2D eigenvalue weighted by Crippen LogP contribution is -2.31. The van der Waals surface area contributed by atoms with Crippen LogP contribution in [0.4, 0.5) is 4.39 Å². The molecule has 1 aliphatic heterocycles. The molecule has 1 fully saturated rings. The highest BCUT2D eigenvalue weighted by Gasteiger charge is 2.19. The maximum atomic E-state index is 13.3. The van der Waals surface area contributed by atoms with Gasteiger partial charge < -0.3 is 5.32 Å². The van der Waals surface area contributed by atoms with Gasteiger partial charge in [-0.3, -0.25) is 9.78 Å². The minimum atomic E-state index is -0.517. The zero-order valence-electron chi connectivity index (χ0n) is 9.08. The molecule has 1 saturated heterocycles. The van der Waals surface area contributed by atoms with Crippen LogP contribution in [0.1, 0.15) is 29.6 Å². The van der Waals surface area contributed by atoms with Crippen LogP contribution in [0.2, 0.25) is 0 Å². The van der Waals surface area contributed by atoms with Gasteiger partial charge in [0.15, 0.2) is 11.6 Å². The Hall–Kier alpha value is -1.29. The summed E-state index contributed by atoms with van der Waals surface area (Å²) < 4.78 is 13.3. The van der Waals surface area contributed by atoms with Crippen molar-refractivity contribution in [3.63, 3.8) is 0 Å². The molecule has 2 heterocycles. The smallest absolute Gasteiger partial charge is 0.166 e. The zero-order valence-corrected chi connectivity index (χ0v) is 9.08. The average molecular weight is 222 g/mol. The number of pyridine rings is 1. The quantitative estimate of drug-likeness (QED) is 0.793. The number of Topliss-reactive ketones (excluding diaryl/α,β-unsaturated/α-hetero) is 1. The van der Waals surface area contributed by atoms with Crippen molar-refractivity contribution in [1.29, 1.82) is 0 Å². The fourth-order valence-corrected chi connectivity index (χ4v) is 2.07. The van der Waals surface area contributed by atoms with Crippen molar-refractivity contribution in [2.45, 2.75) is 19.3 Å². The first-order valence-electron chi connectivity index (χ1n) is 5.61. The molecule has 2 rings (SSSR count). The van der Waals surface area contributed by atoms with E-state index in [-0.39, 0.29) is 11.3 Å². The number of rotatable bonds is 3. The molecule has 0 spiro atoms. The third-order valence-electron chi connectivity index (χ3n) is 2.95. The molecule has 0 aromatic carbocycles. The number of nitrogens with zero attached hydrogens (tertiary/aromatic N) is 1. The molecule has 1 unspecified atom stereocenters. The van der Waals surface area contributed by atoms with E-state index in [1.165, 1.54) is 12.3 Å². The summed E-state index contributed by atoms with van der Waals surface area (Å²) in [6, 6.07) is 1.45. The van der Waals surface area contributed by atoms with E-state index in [9.17, 15) is 9.18 Å². The second kappa shape index (κ2) is 5.16. The van der Waals surface area contributed by atoms with Gasteiger partial charge in [0.2, 0.25) is 0 Å². The van der Waals surface area contributed by atoms with Crippen molar-refractivity contribution in [3.8, 4) is 0 Å². The Labute approximate surface area is 94.1 Å². The number of hydrogen-bond acceptors (Lipinski definition) is 3. The minimum absolute atomic E-state index is 0.117. The summed E-state index contributed by atoms with van der Waals surface area (Å²) in [5.74, 6) is -0.293. The highest BCUT2D eigenvalue weighted by molar-refractivity contribution is 5.96. The number of hydrogen-bond donors (Lipinski definition) is 1. The highest BCUT2D eigenvalue weighted by Crippen LogP contribution is 2.18. The van der Waals surface area contributed by atoms with Crippen LogP contribution in [0.5, 0.6) is 0 Å². The molecule has 1 aliphatic rings. The summed E-state index contributed by atoms with van der Waals surface area (Å²) in [5.41, 5.74) is 0.167. The Kier molecular flexibility index (Phi) is 3.62. The molecule has 0 radical (unpaired) electrons. The van der Waals surface area contributed by atoms with Gasteiger partial charge in [0, 0.05) is 12.6 Å². The van der Waals surface area contributed by atoms with Crippen molar-refractivity contribution in [1.82, 2.24) is 10.3 Å². The Morgan fingerprint density at radius 2 is 2.50 bits per heavy atom. The van der Waals surface area contributed by atoms with E-state index >= 15 is 0 Å². The van der Waals surface area contributed by atoms with E-state index in [1.807, 2.05) is 0 Å². The molecule has 1 aromatic rings. The standard InChI is InChI=1S/C12H15FN2O/c13-11-8-15-5-3-10(11)12(16)6-9-2-1-4-14-7-9/h3,5,8-9,14H,1-2,4,6-7H2. The molecule has 1 aromatic heterocycles. The first kappa shape index (κ1) is 11.2. The maximum Gasteiger partial charge on any atom is 0.166 e. The number of ketones is 1. The lowest BCUT2D eigenvalue weighted by atomic mass is 9.92. The summed E-state index contributed by atoms with van der Waals surface area (Å²) in [5, 5.41) is 3.25. The molecular formula is C12H15FN2O. The molecule has 0 saturated carbocycles. The molecule has 86 valence electrons. The van der Waals surface area contributed by atoms with Gasteiger partial charge in [0.1, 0.15) is 0 Å². The molecule has 4 heteroatoms. The normalized spacial score (nSPS) is 20.7. The largest absolute Gasteiger partial charge is 0.316 e. The first-order valence-corrected chi connectivity index (χ1v) is 5.61. The highest BCUT2D eigenvalue weighted by atomic mass is 19.1. The molecule has 1 N–H and O–H groups in total. The van der Waals surface area contributed by atoms with Crippen molar-refractivity contribution in [2.75, 3.05) is 13.1 Å². The summed E-state index contributed by atoms with van der Waals surface area (Å²) in [4.78, 5) is 15.5. The molecular weight excluding hydrogens is 207 g/mol. The predicted molar refractivity (Wildman–Crippen MR) is 58.7 cm³/mol. The van der Waals surface area contributed by atoms with E-state index < -0.39 is 5.82 Å². The molecule has 0 amide bonds. The number of piperidine rings is 1. The summed E-state index contributed by atoms with van der Waals surface area (Å²) in [7, 11) is 0.